The number of benzene rings is 2. The SMILES string of the molecule is CC/C=C/C(=O)N1CCN(c2nc(=O)n3c4c(c(-c5ccc(C)cc5F)c(C(F)(F)F)cc24)SCCC3)CC1CC(=O)CC. The molecule has 2 aromatic carbocycles. The van der Waals surface area contributed by atoms with Crippen molar-refractivity contribution in [1.29, 1.82) is 0 Å². The van der Waals surface area contributed by atoms with Crippen molar-refractivity contribution in [2.75, 3.05) is 30.3 Å². The molecule has 5 rings (SSSR count). The second kappa shape index (κ2) is 12.7. The third kappa shape index (κ3) is 6.13. The first kappa shape index (κ1) is 31.7. The molecule has 0 aliphatic carbocycles. The third-order valence-electron chi connectivity index (χ3n) is 8.09. The first-order valence-electron chi connectivity index (χ1n) is 14.8. The molecule has 3 aromatic rings. The number of thioether (sulfide) groups is 1. The molecule has 2 aliphatic rings. The standard InChI is InChI=1S/C32H34F4N4O3S/c1-4-6-8-26(42)39-13-12-38(18-20(39)16-21(41)5-2)30-23-17-24(32(34,35)36)27(22-10-9-19(3)15-25(22)33)29-28(23)40(31(43)37-30)11-7-14-44-29/h6,8-10,15,17,20H,4-5,7,11-14,16,18H2,1-3H3/b8-6+. The normalized spacial score (nSPS) is 17.4. The molecule has 0 saturated carbocycles. The van der Waals surface area contributed by atoms with Crippen LogP contribution in [0.2, 0.25) is 0 Å². The Labute approximate surface area is 256 Å². The summed E-state index contributed by atoms with van der Waals surface area (Å²) in [6, 6.07) is 4.54. The van der Waals surface area contributed by atoms with Gasteiger partial charge in [0, 0.05) is 60.4 Å². The zero-order valence-electron chi connectivity index (χ0n) is 24.8. The van der Waals surface area contributed by atoms with Gasteiger partial charge < -0.3 is 9.80 Å². The summed E-state index contributed by atoms with van der Waals surface area (Å²) in [4.78, 5) is 46.8. The smallest absolute Gasteiger partial charge is 0.352 e. The van der Waals surface area contributed by atoms with E-state index in [0.29, 0.717) is 24.2 Å². The number of halogens is 4. The van der Waals surface area contributed by atoms with Gasteiger partial charge in [-0.15, -0.1) is 11.8 Å². The van der Waals surface area contributed by atoms with E-state index in [9.17, 15) is 27.6 Å². The maximum Gasteiger partial charge on any atom is 0.417 e. The number of Topliss-reactive ketones (excluding diaryl/α,β-unsaturated/α-hetero) is 1. The molecule has 0 radical (unpaired) electrons. The lowest BCUT2D eigenvalue weighted by molar-refractivity contribution is -0.137. The van der Waals surface area contributed by atoms with Gasteiger partial charge in [-0.05, 0) is 49.3 Å². The van der Waals surface area contributed by atoms with Crippen LogP contribution < -0.4 is 10.6 Å². The van der Waals surface area contributed by atoms with Crippen molar-refractivity contribution in [3.8, 4) is 11.1 Å². The maximum absolute atomic E-state index is 15.3. The van der Waals surface area contributed by atoms with E-state index in [-0.39, 0.29) is 83.5 Å². The van der Waals surface area contributed by atoms with Gasteiger partial charge in [-0.1, -0.05) is 32.1 Å². The number of hydrogen-bond donors (Lipinski definition) is 0. The Kier molecular flexibility index (Phi) is 9.20. The lowest BCUT2D eigenvalue weighted by atomic mass is 9.95. The minimum absolute atomic E-state index is 0.0592. The van der Waals surface area contributed by atoms with Gasteiger partial charge in [-0.25, -0.2) is 9.18 Å². The van der Waals surface area contributed by atoms with E-state index in [0.717, 1.165) is 6.07 Å². The van der Waals surface area contributed by atoms with Crippen LogP contribution in [0.15, 0.2) is 46.1 Å². The molecule has 0 spiro atoms. The first-order valence-corrected chi connectivity index (χ1v) is 15.7. The van der Waals surface area contributed by atoms with Crippen molar-refractivity contribution < 1.29 is 27.2 Å². The van der Waals surface area contributed by atoms with E-state index in [2.05, 4.69) is 4.98 Å². The van der Waals surface area contributed by atoms with Crippen LogP contribution in [0, 0.1) is 12.7 Å². The quantitative estimate of drug-likeness (QED) is 0.223. The number of nitrogens with zero attached hydrogens (tertiary/aromatic N) is 4. The first-order chi connectivity index (χ1) is 20.9. The molecule has 234 valence electrons. The van der Waals surface area contributed by atoms with Crippen LogP contribution in [-0.2, 0) is 22.3 Å². The number of carbonyl (C=O) groups excluding carboxylic acids is 2. The van der Waals surface area contributed by atoms with E-state index >= 15 is 4.39 Å². The Balaban J connectivity index is 1.73. The lowest BCUT2D eigenvalue weighted by Gasteiger charge is -2.41. The van der Waals surface area contributed by atoms with E-state index in [1.807, 2.05) is 6.92 Å². The number of alkyl halides is 3. The van der Waals surface area contributed by atoms with Gasteiger partial charge >= 0.3 is 11.9 Å². The number of amides is 1. The van der Waals surface area contributed by atoms with E-state index in [1.165, 1.54) is 34.5 Å². The second-order valence-electron chi connectivity index (χ2n) is 11.1. The zero-order chi connectivity index (χ0) is 31.8. The van der Waals surface area contributed by atoms with E-state index in [4.69, 9.17) is 0 Å². The summed E-state index contributed by atoms with van der Waals surface area (Å²) < 4.78 is 61.2. The lowest BCUT2D eigenvalue weighted by Crippen LogP contribution is -2.56. The average Bonchev–Trinajstić information content (AvgIpc) is 3.21. The molecule has 12 heteroatoms. The number of allylic oxidation sites excluding steroid dienone is 1. The number of piperazine rings is 1. The van der Waals surface area contributed by atoms with Crippen LogP contribution in [0.1, 0.15) is 50.7 Å². The van der Waals surface area contributed by atoms with Gasteiger partial charge in [0.05, 0.1) is 17.1 Å². The summed E-state index contributed by atoms with van der Waals surface area (Å²) in [6.07, 6.45) is -0.125. The number of carbonyl (C=O) groups is 2. The molecular weight excluding hydrogens is 596 g/mol. The average molecular weight is 631 g/mol. The molecule has 1 saturated heterocycles. The van der Waals surface area contributed by atoms with Crippen LogP contribution in [0.5, 0.6) is 0 Å². The number of anilines is 1. The largest absolute Gasteiger partial charge is 0.417 e. The fourth-order valence-electron chi connectivity index (χ4n) is 5.93. The van der Waals surface area contributed by atoms with Crippen molar-refractivity contribution in [2.45, 2.75) is 70.1 Å². The highest BCUT2D eigenvalue weighted by Gasteiger charge is 2.39. The summed E-state index contributed by atoms with van der Waals surface area (Å²) in [5.74, 6) is -0.587. The topological polar surface area (TPSA) is 75.5 Å². The van der Waals surface area contributed by atoms with Crippen molar-refractivity contribution in [3.63, 3.8) is 0 Å². The predicted molar refractivity (Wildman–Crippen MR) is 164 cm³/mol. The molecule has 1 atom stereocenters. The summed E-state index contributed by atoms with van der Waals surface area (Å²) in [7, 11) is 0. The Bertz CT molecular complexity index is 1700. The molecule has 2 aliphatic heterocycles. The Morgan fingerprint density at radius 1 is 1.14 bits per heavy atom. The number of aromatic nitrogens is 2. The van der Waals surface area contributed by atoms with Crippen LogP contribution >= 0.6 is 11.8 Å². The molecule has 1 amide bonds. The van der Waals surface area contributed by atoms with Crippen LogP contribution in [-0.4, -0.2) is 57.6 Å². The fourth-order valence-corrected chi connectivity index (χ4v) is 7.13. The molecule has 0 bridgehead atoms. The highest BCUT2D eigenvalue weighted by atomic mass is 32.2. The van der Waals surface area contributed by atoms with Crippen LogP contribution in [0.4, 0.5) is 23.4 Å². The minimum atomic E-state index is -4.84. The number of rotatable bonds is 7. The number of hydrogen-bond acceptors (Lipinski definition) is 6. The fraction of sp³-hybridized carbons (Fsp3) is 0.438. The molecular formula is C32H34F4N4O3S. The molecule has 1 fully saturated rings. The molecule has 1 aromatic heterocycles. The molecule has 3 heterocycles. The summed E-state index contributed by atoms with van der Waals surface area (Å²) in [5, 5.41) is 0.129. The second-order valence-corrected chi connectivity index (χ2v) is 12.2. The Hall–Kier alpha value is -3.67. The maximum atomic E-state index is 15.3. The van der Waals surface area contributed by atoms with Crippen LogP contribution in [0.3, 0.4) is 0 Å². The molecule has 44 heavy (non-hydrogen) atoms. The molecule has 0 N–H and O–H groups in total. The van der Waals surface area contributed by atoms with Gasteiger partial charge in [-0.2, -0.15) is 18.2 Å². The van der Waals surface area contributed by atoms with Gasteiger partial charge in [0.1, 0.15) is 17.4 Å². The third-order valence-corrected chi connectivity index (χ3v) is 9.27. The van der Waals surface area contributed by atoms with Crippen LogP contribution in [0.25, 0.3) is 22.0 Å². The Morgan fingerprint density at radius 3 is 2.59 bits per heavy atom. The van der Waals surface area contributed by atoms with Crippen molar-refractivity contribution in [1.82, 2.24) is 14.5 Å². The highest BCUT2D eigenvalue weighted by Crippen LogP contribution is 2.48. The van der Waals surface area contributed by atoms with Crippen molar-refractivity contribution in [3.05, 3.63) is 63.8 Å². The summed E-state index contributed by atoms with van der Waals surface area (Å²) in [6.45, 7) is 6.05. The van der Waals surface area contributed by atoms with Gasteiger partial charge in [-0.3, -0.25) is 14.2 Å². The van der Waals surface area contributed by atoms with Crippen molar-refractivity contribution >= 4 is 40.2 Å². The zero-order valence-corrected chi connectivity index (χ0v) is 25.7. The van der Waals surface area contributed by atoms with Gasteiger partial charge in [0.2, 0.25) is 5.91 Å². The van der Waals surface area contributed by atoms with Gasteiger partial charge in [0.15, 0.2) is 0 Å². The highest BCUT2D eigenvalue weighted by molar-refractivity contribution is 7.99. The van der Waals surface area contributed by atoms with Gasteiger partial charge in [0.25, 0.3) is 0 Å². The minimum Gasteiger partial charge on any atom is -0.352 e. The monoisotopic (exact) mass is 630 g/mol. The molecule has 7 nitrogen and oxygen atoms in total. The molecule has 1 unspecified atom stereocenters. The summed E-state index contributed by atoms with van der Waals surface area (Å²) >= 11 is 1.18. The van der Waals surface area contributed by atoms with Crippen molar-refractivity contribution in [2.24, 2.45) is 0 Å². The van der Waals surface area contributed by atoms with E-state index < -0.39 is 29.3 Å². The summed E-state index contributed by atoms with van der Waals surface area (Å²) in [5.41, 5.74) is -1.24. The Morgan fingerprint density at radius 2 is 1.91 bits per heavy atom. The number of aryl methyl sites for hydroxylation is 2. The predicted octanol–water partition coefficient (Wildman–Crippen LogP) is 6.38. The van der Waals surface area contributed by atoms with E-state index in [1.54, 1.807) is 35.8 Å². The number of ketones is 1.